The van der Waals surface area contributed by atoms with Gasteiger partial charge in [-0.25, -0.2) is 0 Å². The van der Waals surface area contributed by atoms with Crippen molar-refractivity contribution in [3.8, 4) is 11.1 Å². The minimum Gasteiger partial charge on any atom is -0.0696 e. The number of hydrogen-bond acceptors (Lipinski definition) is 0. The van der Waals surface area contributed by atoms with E-state index in [1.807, 2.05) is 6.07 Å². The topological polar surface area (TPSA) is 0 Å². The molecule has 0 aliphatic rings. The summed E-state index contributed by atoms with van der Waals surface area (Å²) in [6.07, 6.45) is 0. The summed E-state index contributed by atoms with van der Waals surface area (Å²) in [7, 11) is 0. The zero-order valence-electron chi connectivity index (χ0n) is 8.46. The van der Waals surface area contributed by atoms with Crippen LogP contribution < -0.4 is 0 Å². The lowest BCUT2D eigenvalue weighted by atomic mass is 9.98. The monoisotopic (exact) mass is 180 g/mol. The molecule has 2 aromatic rings. The van der Waals surface area contributed by atoms with Crippen LogP contribution in [-0.2, 0) is 0 Å². The largest absolute Gasteiger partial charge is 0.0696 e. The van der Waals surface area contributed by atoms with Gasteiger partial charge >= 0.3 is 0 Å². The molecular formula is C14H12. The van der Waals surface area contributed by atoms with Gasteiger partial charge in [0, 0.05) is 5.56 Å². The summed E-state index contributed by atoms with van der Waals surface area (Å²) in [6, 6.07) is 18.5. The Balaban J connectivity index is 2.61. The van der Waals surface area contributed by atoms with Crippen molar-refractivity contribution in [3.05, 3.63) is 59.7 Å². The van der Waals surface area contributed by atoms with E-state index in [4.69, 9.17) is 0 Å². The first-order chi connectivity index (χ1) is 6.79. The molecule has 0 aliphatic heterocycles. The van der Waals surface area contributed by atoms with E-state index >= 15 is 0 Å². The Kier molecular flexibility index (Phi) is 2.24. The Morgan fingerprint density at radius 2 is 1.71 bits per heavy atom. The number of aryl methyl sites for hydroxylation is 2. The summed E-state index contributed by atoms with van der Waals surface area (Å²) < 4.78 is 0. The molecule has 0 fully saturated rings. The molecular weight excluding hydrogens is 168 g/mol. The molecule has 2 aromatic carbocycles. The van der Waals surface area contributed by atoms with Gasteiger partial charge in [-0.1, -0.05) is 36.4 Å². The molecule has 0 unspecified atom stereocenters. The summed E-state index contributed by atoms with van der Waals surface area (Å²) in [5, 5.41) is 0. The van der Waals surface area contributed by atoms with Crippen molar-refractivity contribution in [2.75, 3.05) is 0 Å². The predicted molar refractivity (Wildman–Crippen MR) is 59.0 cm³/mol. The molecule has 0 N–H and O–H groups in total. The molecule has 0 aromatic heterocycles. The third-order valence-electron chi connectivity index (χ3n) is 2.42. The summed E-state index contributed by atoms with van der Waals surface area (Å²) in [5.74, 6) is 0. The van der Waals surface area contributed by atoms with Crippen LogP contribution in [0.2, 0.25) is 0 Å². The van der Waals surface area contributed by atoms with Gasteiger partial charge in [-0.05, 0) is 42.7 Å². The van der Waals surface area contributed by atoms with E-state index in [2.05, 4.69) is 56.3 Å². The van der Waals surface area contributed by atoms with Gasteiger partial charge in [-0.3, -0.25) is 0 Å². The number of hydrogen-bond donors (Lipinski definition) is 0. The summed E-state index contributed by atoms with van der Waals surface area (Å²) in [6.45, 7) is 4.22. The summed E-state index contributed by atoms with van der Waals surface area (Å²) >= 11 is 0. The van der Waals surface area contributed by atoms with Crippen molar-refractivity contribution in [1.29, 1.82) is 0 Å². The lowest BCUT2D eigenvalue weighted by Gasteiger charge is -2.05. The fraction of sp³-hybridized carbons (Fsp3) is 0.143. The third kappa shape index (κ3) is 1.49. The predicted octanol–water partition coefficient (Wildman–Crippen LogP) is 3.57. The average Bonchev–Trinajstić information content (AvgIpc) is 2.20. The van der Waals surface area contributed by atoms with E-state index in [1.165, 1.54) is 16.7 Å². The summed E-state index contributed by atoms with van der Waals surface area (Å²) in [4.78, 5) is 0. The van der Waals surface area contributed by atoms with Gasteiger partial charge in [0.25, 0.3) is 0 Å². The van der Waals surface area contributed by atoms with Crippen molar-refractivity contribution >= 4 is 0 Å². The highest BCUT2D eigenvalue weighted by molar-refractivity contribution is 5.68. The Morgan fingerprint density at radius 3 is 2.43 bits per heavy atom. The second-order valence-corrected chi connectivity index (χ2v) is 3.48. The maximum absolute atomic E-state index is 3.17. The minimum atomic E-state index is 1.16. The van der Waals surface area contributed by atoms with Crippen LogP contribution in [0.3, 0.4) is 0 Å². The Bertz CT molecular complexity index is 398. The zero-order valence-corrected chi connectivity index (χ0v) is 8.46. The van der Waals surface area contributed by atoms with Crippen LogP contribution in [0, 0.1) is 26.0 Å². The first-order valence-electron chi connectivity index (χ1n) is 4.74. The van der Waals surface area contributed by atoms with Gasteiger partial charge in [0.15, 0.2) is 0 Å². The zero-order chi connectivity index (χ0) is 9.97. The standard InChI is InChI=1S/C14H12/c1-11-7-3-5-9-13(11)14-10-6-4-8-12(14)2/h3-5,7-9H,1-2H3. The molecule has 0 bridgehead atoms. The van der Waals surface area contributed by atoms with Crippen LogP contribution in [0.25, 0.3) is 11.1 Å². The molecule has 14 heavy (non-hydrogen) atoms. The van der Waals surface area contributed by atoms with Gasteiger partial charge in [-0.15, -0.1) is 0 Å². The quantitative estimate of drug-likeness (QED) is 0.629. The number of rotatable bonds is 1. The lowest BCUT2D eigenvalue weighted by Crippen LogP contribution is -1.84. The Morgan fingerprint density at radius 1 is 0.929 bits per heavy atom. The normalized spacial score (nSPS) is 9.57. The van der Waals surface area contributed by atoms with Gasteiger partial charge in [0.1, 0.15) is 0 Å². The maximum atomic E-state index is 3.17. The first-order valence-corrected chi connectivity index (χ1v) is 4.74. The summed E-state index contributed by atoms with van der Waals surface area (Å²) in [5.41, 5.74) is 4.94. The van der Waals surface area contributed by atoms with Gasteiger partial charge in [-0.2, -0.15) is 0 Å². The van der Waals surface area contributed by atoms with E-state index in [0.29, 0.717) is 0 Å². The lowest BCUT2D eigenvalue weighted by molar-refractivity contribution is 1.41. The van der Waals surface area contributed by atoms with Crippen molar-refractivity contribution in [1.82, 2.24) is 0 Å². The highest BCUT2D eigenvalue weighted by Gasteiger charge is 2.02. The van der Waals surface area contributed by atoms with Crippen molar-refractivity contribution < 1.29 is 0 Å². The fourth-order valence-electron chi connectivity index (χ4n) is 1.60. The number of benzene rings is 1. The molecule has 0 heterocycles. The van der Waals surface area contributed by atoms with Gasteiger partial charge in [0.2, 0.25) is 0 Å². The average molecular weight is 180 g/mol. The fourth-order valence-corrected chi connectivity index (χ4v) is 1.60. The molecule has 68 valence electrons. The van der Waals surface area contributed by atoms with Crippen LogP contribution in [0.1, 0.15) is 11.1 Å². The van der Waals surface area contributed by atoms with Gasteiger partial charge < -0.3 is 0 Å². The molecule has 0 amide bonds. The Labute approximate surface area is 85.2 Å². The SMILES string of the molecule is Cc1ccc#cc1-c1ccccc1C. The van der Waals surface area contributed by atoms with Crippen LogP contribution >= 0.6 is 0 Å². The van der Waals surface area contributed by atoms with Gasteiger partial charge in [0.05, 0.1) is 0 Å². The van der Waals surface area contributed by atoms with E-state index in [1.54, 1.807) is 0 Å². The Hall–Kier alpha value is -1.74. The minimum absolute atomic E-state index is 1.16. The molecule has 0 atom stereocenters. The first kappa shape index (κ1) is 8.84. The van der Waals surface area contributed by atoms with Crippen molar-refractivity contribution in [3.63, 3.8) is 0 Å². The van der Waals surface area contributed by atoms with E-state index in [9.17, 15) is 0 Å². The van der Waals surface area contributed by atoms with E-state index in [-0.39, 0.29) is 0 Å². The van der Waals surface area contributed by atoms with Crippen molar-refractivity contribution in [2.45, 2.75) is 13.8 Å². The molecule has 0 nitrogen and oxygen atoms in total. The molecule has 0 heteroatoms. The second-order valence-electron chi connectivity index (χ2n) is 3.48. The third-order valence-corrected chi connectivity index (χ3v) is 2.42. The highest BCUT2D eigenvalue weighted by atomic mass is 14.0. The van der Waals surface area contributed by atoms with Crippen LogP contribution in [0.4, 0.5) is 0 Å². The van der Waals surface area contributed by atoms with Crippen LogP contribution in [0.5, 0.6) is 0 Å². The second kappa shape index (κ2) is 3.55. The molecule has 0 spiro atoms. The highest BCUT2D eigenvalue weighted by Crippen LogP contribution is 2.23. The van der Waals surface area contributed by atoms with E-state index in [0.717, 1.165) is 5.56 Å². The molecule has 0 aliphatic carbocycles. The molecule has 2 rings (SSSR count). The van der Waals surface area contributed by atoms with Crippen LogP contribution in [0.15, 0.2) is 36.4 Å². The molecule has 0 saturated carbocycles. The smallest absolute Gasteiger partial charge is 0.0353 e. The maximum Gasteiger partial charge on any atom is 0.0353 e. The van der Waals surface area contributed by atoms with Crippen molar-refractivity contribution in [2.24, 2.45) is 0 Å². The van der Waals surface area contributed by atoms with E-state index < -0.39 is 0 Å². The van der Waals surface area contributed by atoms with Crippen LogP contribution in [-0.4, -0.2) is 0 Å². The molecule has 0 saturated heterocycles. The molecule has 0 radical (unpaired) electrons.